The van der Waals surface area contributed by atoms with E-state index in [2.05, 4.69) is 32.7 Å². The molecule has 78 valence electrons. The second-order valence-corrected chi connectivity index (χ2v) is 4.86. The maximum atomic E-state index is 5.54. The maximum Gasteiger partial charge on any atom is 0.178 e. The molecule has 1 aliphatic heterocycles. The van der Waals surface area contributed by atoms with Gasteiger partial charge in [-0.15, -0.1) is 0 Å². The van der Waals surface area contributed by atoms with Gasteiger partial charge in [0.15, 0.2) is 5.79 Å². The van der Waals surface area contributed by atoms with Crippen molar-refractivity contribution in [1.82, 2.24) is 4.90 Å². The Bertz CT molecular complexity index is 168. The van der Waals surface area contributed by atoms with E-state index in [9.17, 15) is 0 Å². The molecular formula is C10H21NO2. The van der Waals surface area contributed by atoms with Gasteiger partial charge in [0, 0.05) is 5.54 Å². The molecule has 0 atom stereocenters. The standard InChI is InChI=1S/C10H21NO2/c1-9(2,3)11(5)8-10(4)12-6-7-13-10/h6-8H2,1-5H3. The summed E-state index contributed by atoms with van der Waals surface area (Å²) in [5, 5.41) is 0. The fraction of sp³-hybridized carbons (Fsp3) is 1.00. The zero-order valence-corrected chi connectivity index (χ0v) is 9.39. The minimum absolute atomic E-state index is 0.165. The van der Waals surface area contributed by atoms with Crippen LogP contribution in [-0.2, 0) is 9.47 Å². The molecule has 0 aromatic heterocycles. The Kier molecular flexibility index (Phi) is 3.00. The van der Waals surface area contributed by atoms with Crippen LogP contribution in [0.5, 0.6) is 0 Å². The lowest BCUT2D eigenvalue weighted by molar-refractivity contribution is -0.161. The van der Waals surface area contributed by atoms with Gasteiger partial charge in [0.05, 0.1) is 19.8 Å². The van der Waals surface area contributed by atoms with Crippen molar-refractivity contribution >= 4 is 0 Å². The van der Waals surface area contributed by atoms with E-state index in [-0.39, 0.29) is 5.54 Å². The molecule has 1 heterocycles. The van der Waals surface area contributed by atoms with Gasteiger partial charge in [-0.25, -0.2) is 0 Å². The fourth-order valence-electron chi connectivity index (χ4n) is 1.32. The van der Waals surface area contributed by atoms with Crippen molar-refractivity contribution in [3.05, 3.63) is 0 Å². The van der Waals surface area contributed by atoms with Gasteiger partial charge in [-0.1, -0.05) is 0 Å². The molecule has 1 saturated heterocycles. The van der Waals surface area contributed by atoms with Crippen LogP contribution in [0.4, 0.5) is 0 Å². The molecule has 0 aliphatic carbocycles. The van der Waals surface area contributed by atoms with E-state index in [0.29, 0.717) is 13.2 Å². The molecule has 3 heteroatoms. The third kappa shape index (κ3) is 2.93. The first-order valence-corrected chi connectivity index (χ1v) is 4.83. The molecule has 0 aromatic carbocycles. The summed E-state index contributed by atoms with van der Waals surface area (Å²) < 4.78 is 11.1. The van der Waals surface area contributed by atoms with Crippen molar-refractivity contribution < 1.29 is 9.47 Å². The molecule has 1 aliphatic rings. The topological polar surface area (TPSA) is 21.7 Å². The number of likely N-dealkylation sites (N-methyl/N-ethyl adjacent to an activating group) is 1. The van der Waals surface area contributed by atoms with Gasteiger partial charge in [0.2, 0.25) is 0 Å². The summed E-state index contributed by atoms with van der Waals surface area (Å²) in [6.45, 7) is 10.8. The summed E-state index contributed by atoms with van der Waals surface area (Å²) in [4.78, 5) is 2.25. The van der Waals surface area contributed by atoms with Gasteiger partial charge in [0.1, 0.15) is 0 Å². The summed E-state index contributed by atoms with van der Waals surface area (Å²) in [5.74, 6) is -0.401. The fourth-order valence-corrected chi connectivity index (χ4v) is 1.32. The molecule has 1 rings (SSSR count). The van der Waals surface area contributed by atoms with E-state index in [0.717, 1.165) is 6.54 Å². The summed E-state index contributed by atoms with van der Waals surface area (Å²) in [6.07, 6.45) is 0. The van der Waals surface area contributed by atoms with Gasteiger partial charge in [0.25, 0.3) is 0 Å². The molecule has 0 bridgehead atoms. The molecule has 3 nitrogen and oxygen atoms in total. The van der Waals surface area contributed by atoms with Crippen molar-refractivity contribution in [2.24, 2.45) is 0 Å². The van der Waals surface area contributed by atoms with E-state index in [1.807, 2.05) is 6.92 Å². The highest BCUT2D eigenvalue weighted by Crippen LogP contribution is 2.22. The molecule has 0 saturated carbocycles. The highest BCUT2D eigenvalue weighted by Gasteiger charge is 2.34. The summed E-state index contributed by atoms with van der Waals surface area (Å²) in [5.41, 5.74) is 0.165. The number of ether oxygens (including phenoxy) is 2. The van der Waals surface area contributed by atoms with Crippen molar-refractivity contribution in [1.29, 1.82) is 0 Å². The van der Waals surface area contributed by atoms with E-state index >= 15 is 0 Å². The van der Waals surface area contributed by atoms with Crippen molar-refractivity contribution in [3.63, 3.8) is 0 Å². The van der Waals surface area contributed by atoms with Crippen LogP contribution in [0.3, 0.4) is 0 Å². The minimum Gasteiger partial charge on any atom is -0.347 e. The molecular weight excluding hydrogens is 166 g/mol. The second kappa shape index (κ2) is 3.56. The highest BCUT2D eigenvalue weighted by atomic mass is 16.7. The van der Waals surface area contributed by atoms with Crippen molar-refractivity contribution in [2.75, 3.05) is 26.8 Å². The Morgan fingerprint density at radius 2 is 1.69 bits per heavy atom. The lowest BCUT2D eigenvalue weighted by Crippen LogP contribution is -2.47. The average molecular weight is 187 g/mol. The van der Waals surface area contributed by atoms with Crippen LogP contribution in [0, 0.1) is 0 Å². The Balaban J connectivity index is 2.48. The number of nitrogens with zero attached hydrogens (tertiary/aromatic N) is 1. The largest absolute Gasteiger partial charge is 0.347 e. The molecule has 0 unspecified atom stereocenters. The van der Waals surface area contributed by atoms with Crippen LogP contribution >= 0.6 is 0 Å². The Labute approximate surface area is 81.0 Å². The number of rotatable bonds is 2. The maximum absolute atomic E-state index is 5.54. The second-order valence-electron chi connectivity index (χ2n) is 4.86. The first kappa shape index (κ1) is 11.0. The van der Waals surface area contributed by atoms with Crippen LogP contribution in [0.25, 0.3) is 0 Å². The predicted octanol–water partition coefficient (Wildman–Crippen LogP) is 1.48. The average Bonchev–Trinajstić information content (AvgIpc) is 2.33. The van der Waals surface area contributed by atoms with Crippen LogP contribution in [0.2, 0.25) is 0 Å². The molecule has 13 heavy (non-hydrogen) atoms. The monoisotopic (exact) mass is 187 g/mol. The van der Waals surface area contributed by atoms with Crippen LogP contribution in [-0.4, -0.2) is 43.0 Å². The summed E-state index contributed by atoms with van der Waals surface area (Å²) in [7, 11) is 2.09. The Morgan fingerprint density at radius 1 is 1.23 bits per heavy atom. The van der Waals surface area contributed by atoms with Crippen molar-refractivity contribution in [3.8, 4) is 0 Å². The quantitative estimate of drug-likeness (QED) is 0.653. The normalized spacial score (nSPS) is 22.6. The summed E-state index contributed by atoms with van der Waals surface area (Å²) >= 11 is 0. The smallest absolute Gasteiger partial charge is 0.178 e. The van der Waals surface area contributed by atoms with Gasteiger partial charge >= 0.3 is 0 Å². The molecule has 0 aromatic rings. The Hall–Kier alpha value is -0.120. The van der Waals surface area contributed by atoms with Crippen LogP contribution in [0.15, 0.2) is 0 Å². The lowest BCUT2D eigenvalue weighted by atomic mass is 10.1. The molecule has 0 amide bonds. The SMILES string of the molecule is CN(CC1(C)OCCO1)C(C)(C)C. The van der Waals surface area contributed by atoms with E-state index < -0.39 is 5.79 Å². The lowest BCUT2D eigenvalue weighted by Gasteiger charge is -2.37. The first-order valence-electron chi connectivity index (χ1n) is 4.83. The van der Waals surface area contributed by atoms with Crippen LogP contribution in [0.1, 0.15) is 27.7 Å². The highest BCUT2D eigenvalue weighted by molar-refractivity contribution is 4.79. The minimum atomic E-state index is -0.401. The molecule has 0 N–H and O–H groups in total. The van der Waals surface area contributed by atoms with Gasteiger partial charge < -0.3 is 9.47 Å². The molecule has 0 spiro atoms. The van der Waals surface area contributed by atoms with E-state index in [1.54, 1.807) is 0 Å². The van der Waals surface area contributed by atoms with E-state index in [1.165, 1.54) is 0 Å². The van der Waals surface area contributed by atoms with E-state index in [4.69, 9.17) is 9.47 Å². The third-order valence-electron chi connectivity index (χ3n) is 2.57. The van der Waals surface area contributed by atoms with Gasteiger partial charge in [-0.05, 0) is 34.7 Å². The van der Waals surface area contributed by atoms with Gasteiger partial charge in [-0.2, -0.15) is 0 Å². The van der Waals surface area contributed by atoms with Crippen molar-refractivity contribution in [2.45, 2.75) is 39.0 Å². The molecule has 0 radical (unpaired) electrons. The van der Waals surface area contributed by atoms with Crippen LogP contribution < -0.4 is 0 Å². The predicted molar refractivity (Wildman–Crippen MR) is 52.7 cm³/mol. The third-order valence-corrected chi connectivity index (χ3v) is 2.57. The summed E-state index contributed by atoms with van der Waals surface area (Å²) in [6, 6.07) is 0. The number of hydrogen-bond donors (Lipinski definition) is 0. The molecule has 1 fully saturated rings. The van der Waals surface area contributed by atoms with Gasteiger partial charge in [-0.3, -0.25) is 4.90 Å². The Morgan fingerprint density at radius 3 is 2.08 bits per heavy atom. The zero-order valence-electron chi connectivity index (χ0n) is 9.39. The first-order chi connectivity index (χ1) is 5.83. The number of hydrogen-bond acceptors (Lipinski definition) is 3. The zero-order chi connectivity index (χ0) is 10.1.